The average Bonchev–Trinajstić information content (AvgIpc) is 2.60. The fraction of sp³-hybridized carbons (Fsp3) is 0.400. The topological polar surface area (TPSA) is 30.5 Å². The van der Waals surface area contributed by atoms with E-state index in [1.165, 1.54) is 12.1 Å². The standard InChI is InChI=1S/C20H20F3NO2/c1-19(2)13-9-11(20(21,22)23)7-8-15(13)24-17-12-5-4-6-16(25-3)18(12)26-10-14(17)19/h4-9,14,17,24H,10H2,1-3H3/t14-,17+/m1/s1. The highest BCUT2D eigenvalue weighted by atomic mass is 19.4. The number of rotatable bonds is 1. The second-order valence-corrected chi connectivity index (χ2v) is 7.40. The molecule has 0 bridgehead atoms. The van der Waals surface area contributed by atoms with Crippen LogP contribution in [0.5, 0.6) is 11.5 Å². The van der Waals surface area contributed by atoms with Crippen molar-refractivity contribution in [3.63, 3.8) is 0 Å². The third kappa shape index (κ3) is 2.42. The number of methoxy groups -OCH3 is 1. The Morgan fingerprint density at radius 1 is 1.19 bits per heavy atom. The molecule has 2 atom stereocenters. The summed E-state index contributed by atoms with van der Waals surface area (Å²) in [5.41, 5.74) is 1.28. The molecule has 0 amide bonds. The first-order valence-electron chi connectivity index (χ1n) is 8.51. The summed E-state index contributed by atoms with van der Waals surface area (Å²) in [6.45, 7) is 4.38. The van der Waals surface area contributed by atoms with Crippen LogP contribution < -0.4 is 14.8 Å². The number of hydrogen-bond acceptors (Lipinski definition) is 3. The first-order chi connectivity index (χ1) is 12.2. The predicted molar refractivity (Wildman–Crippen MR) is 92.8 cm³/mol. The Bertz CT molecular complexity index is 861. The van der Waals surface area contributed by atoms with E-state index in [2.05, 4.69) is 5.32 Å². The van der Waals surface area contributed by atoms with E-state index in [1.54, 1.807) is 7.11 Å². The molecule has 0 spiro atoms. The highest BCUT2D eigenvalue weighted by molar-refractivity contribution is 5.63. The average molecular weight is 363 g/mol. The summed E-state index contributed by atoms with van der Waals surface area (Å²) < 4.78 is 50.9. The number of ether oxygens (including phenoxy) is 2. The molecule has 2 aromatic carbocycles. The number of anilines is 1. The van der Waals surface area contributed by atoms with Crippen molar-refractivity contribution in [1.82, 2.24) is 0 Å². The maximum Gasteiger partial charge on any atom is 0.416 e. The van der Waals surface area contributed by atoms with Gasteiger partial charge in [-0.1, -0.05) is 26.0 Å². The van der Waals surface area contributed by atoms with Gasteiger partial charge in [0, 0.05) is 22.6 Å². The lowest BCUT2D eigenvalue weighted by Crippen LogP contribution is -2.46. The molecule has 0 unspecified atom stereocenters. The first kappa shape index (κ1) is 17.1. The normalized spacial score (nSPS) is 23.0. The molecule has 0 saturated heterocycles. The highest BCUT2D eigenvalue weighted by Crippen LogP contribution is 2.54. The van der Waals surface area contributed by atoms with E-state index < -0.39 is 17.2 Å². The van der Waals surface area contributed by atoms with Crippen molar-refractivity contribution in [3.05, 3.63) is 53.1 Å². The van der Waals surface area contributed by atoms with Crippen molar-refractivity contribution in [2.75, 3.05) is 19.0 Å². The molecule has 0 saturated carbocycles. The lowest BCUT2D eigenvalue weighted by Gasteiger charge is -2.48. The molecule has 0 radical (unpaired) electrons. The molecule has 6 heteroatoms. The van der Waals surface area contributed by atoms with Gasteiger partial charge in [0.1, 0.15) is 0 Å². The van der Waals surface area contributed by atoms with E-state index in [4.69, 9.17) is 9.47 Å². The minimum atomic E-state index is -4.36. The van der Waals surface area contributed by atoms with E-state index in [1.807, 2.05) is 32.0 Å². The van der Waals surface area contributed by atoms with Crippen LogP contribution in [0.4, 0.5) is 18.9 Å². The number of halogens is 3. The van der Waals surface area contributed by atoms with Gasteiger partial charge in [-0.25, -0.2) is 0 Å². The number of hydrogen-bond donors (Lipinski definition) is 1. The minimum absolute atomic E-state index is 0.00177. The smallest absolute Gasteiger partial charge is 0.416 e. The summed E-state index contributed by atoms with van der Waals surface area (Å²) in [6, 6.07) is 9.61. The van der Waals surface area contributed by atoms with Crippen molar-refractivity contribution in [2.45, 2.75) is 31.5 Å². The van der Waals surface area contributed by atoms with E-state index in [9.17, 15) is 13.2 Å². The van der Waals surface area contributed by atoms with Crippen molar-refractivity contribution in [1.29, 1.82) is 0 Å². The molecule has 2 aromatic rings. The summed E-state index contributed by atoms with van der Waals surface area (Å²) in [4.78, 5) is 0. The number of nitrogens with one attached hydrogen (secondary N) is 1. The van der Waals surface area contributed by atoms with Crippen molar-refractivity contribution in [3.8, 4) is 11.5 Å². The Morgan fingerprint density at radius 2 is 1.96 bits per heavy atom. The minimum Gasteiger partial charge on any atom is -0.493 e. The van der Waals surface area contributed by atoms with Gasteiger partial charge in [0.25, 0.3) is 0 Å². The largest absolute Gasteiger partial charge is 0.493 e. The van der Waals surface area contributed by atoms with Gasteiger partial charge in [0.15, 0.2) is 11.5 Å². The maximum absolute atomic E-state index is 13.2. The molecule has 0 aromatic heterocycles. The second-order valence-electron chi connectivity index (χ2n) is 7.40. The quantitative estimate of drug-likeness (QED) is 0.758. The fourth-order valence-corrected chi connectivity index (χ4v) is 4.13. The van der Waals surface area contributed by atoms with Gasteiger partial charge in [0.05, 0.1) is 25.3 Å². The summed E-state index contributed by atoms with van der Waals surface area (Å²) >= 11 is 0. The number of benzene rings is 2. The monoisotopic (exact) mass is 363 g/mol. The molecule has 4 rings (SSSR count). The zero-order valence-electron chi connectivity index (χ0n) is 14.8. The summed E-state index contributed by atoms with van der Waals surface area (Å²) in [5, 5.41) is 3.44. The second kappa shape index (κ2) is 5.56. The van der Waals surface area contributed by atoms with Crippen LogP contribution in [0.3, 0.4) is 0 Å². The molecule has 0 fully saturated rings. The van der Waals surface area contributed by atoms with Crippen LogP contribution in [0.2, 0.25) is 0 Å². The van der Waals surface area contributed by atoms with Gasteiger partial charge in [-0.3, -0.25) is 0 Å². The first-order valence-corrected chi connectivity index (χ1v) is 8.51. The molecule has 2 aliphatic rings. The van der Waals surface area contributed by atoms with Crippen LogP contribution in [0, 0.1) is 5.92 Å². The third-order valence-electron chi connectivity index (χ3n) is 5.65. The zero-order chi connectivity index (χ0) is 18.7. The Labute approximate surface area is 150 Å². The van der Waals surface area contributed by atoms with Crippen LogP contribution in [-0.4, -0.2) is 13.7 Å². The lowest BCUT2D eigenvalue weighted by molar-refractivity contribution is -0.137. The van der Waals surface area contributed by atoms with Gasteiger partial charge in [0.2, 0.25) is 0 Å². The van der Waals surface area contributed by atoms with Crippen molar-refractivity contribution < 1.29 is 22.6 Å². The van der Waals surface area contributed by atoms with Gasteiger partial charge in [-0.2, -0.15) is 13.2 Å². The fourth-order valence-electron chi connectivity index (χ4n) is 4.13. The Hall–Kier alpha value is -2.37. The molecule has 1 N–H and O–H groups in total. The van der Waals surface area contributed by atoms with Crippen molar-refractivity contribution >= 4 is 5.69 Å². The van der Waals surface area contributed by atoms with E-state index >= 15 is 0 Å². The van der Waals surface area contributed by atoms with Crippen molar-refractivity contribution in [2.24, 2.45) is 5.92 Å². The molecule has 2 aliphatic heterocycles. The Balaban J connectivity index is 1.83. The van der Waals surface area contributed by atoms with Crippen LogP contribution in [0.15, 0.2) is 36.4 Å². The number of para-hydroxylation sites is 1. The lowest BCUT2D eigenvalue weighted by atomic mass is 9.65. The SMILES string of the molecule is COc1cccc2c1OC[C@@H]1[C@H]2Nc2ccc(C(F)(F)F)cc2C1(C)C. The molecule has 3 nitrogen and oxygen atoms in total. The van der Waals surface area contributed by atoms with Gasteiger partial charge >= 0.3 is 6.18 Å². The molecular weight excluding hydrogens is 343 g/mol. The zero-order valence-corrected chi connectivity index (χ0v) is 14.8. The summed E-state index contributed by atoms with van der Waals surface area (Å²) in [7, 11) is 1.59. The number of alkyl halides is 3. The molecule has 138 valence electrons. The van der Waals surface area contributed by atoms with Crippen LogP contribution in [-0.2, 0) is 11.6 Å². The Morgan fingerprint density at radius 3 is 2.65 bits per heavy atom. The van der Waals surface area contributed by atoms with E-state index in [0.29, 0.717) is 23.7 Å². The molecule has 26 heavy (non-hydrogen) atoms. The third-order valence-corrected chi connectivity index (χ3v) is 5.65. The summed E-state index contributed by atoms with van der Waals surface area (Å²) in [5.74, 6) is 1.37. The number of fused-ring (bicyclic) bond motifs is 4. The predicted octanol–water partition coefficient (Wildman–Crippen LogP) is 5.17. The van der Waals surface area contributed by atoms with Gasteiger partial charge in [-0.15, -0.1) is 0 Å². The van der Waals surface area contributed by atoms with Gasteiger partial charge < -0.3 is 14.8 Å². The highest BCUT2D eigenvalue weighted by Gasteiger charge is 2.47. The molecule has 0 aliphatic carbocycles. The van der Waals surface area contributed by atoms with E-state index in [-0.39, 0.29) is 12.0 Å². The maximum atomic E-state index is 13.2. The summed E-state index contributed by atoms with van der Waals surface area (Å²) in [6.07, 6.45) is -4.36. The van der Waals surface area contributed by atoms with E-state index in [0.717, 1.165) is 17.3 Å². The molecule has 2 heterocycles. The Kier molecular flexibility index (Phi) is 3.65. The van der Waals surface area contributed by atoms with Crippen LogP contribution >= 0.6 is 0 Å². The van der Waals surface area contributed by atoms with Gasteiger partial charge in [-0.05, 0) is 29.8 Å². The molecular formula is C20H20F3NO2. The van der Waals surface area contributed by atoms with Crippen LogP contribution in [0.1, 0.15) is 36.6 Å². The van der Waals surface area contributed by atoms with Crippen LogP contribution in [0.25, 0.3) is 0 Å².